The lowest BCUT2D eigenvalue weighted by molar-refractivity contribution is 0.00428. The number of nitrogens with one attached hydrogen (secondary N) is 1. The Balaban J connectivity index is 1.32. The van der Waals surface area contributed by atoms with Gasteiger partial charge in [-0.25, -0.2) is 4.79 Å². The molecule has 0 aromatic heterocycles. The van der Waals surface area contributed by atoms with Crippen LogP contribution in [0.3, 0.4) is 0 Å². The summed E-state index contributed by atoms with van der Waals surface area (Å²) >= 11 is 0. The first kappa shape index (κ1) is 18.0. The zero-order valence-electron chi connectivity index (χ0n) is 15.4. The molecule has 5 heteroatoms. The predicted octanol–water partition coefficient (Wildman–Crippen LogP) is 2.59. The quantitative estimate of drug-likeness (QED) is 0.832. The molecule has 1 spiro atoms. The lowest BCUT2D eigenvalue weighted by Crippen LogP contribution is -2.50. The molecular formula is C19H35N3O2. The highest BCUT2D eigenvalue weighted by atomic mass is 16.3. The van der Waals surface area contributed by atoms with E-state index < -0.39 is 5.60 Å². The number of piperidine rings is 2. The number of rotatable bonds is 3. The second-order valence-corrected chi connectivity index (χ2v) is 8.62. The third-order valence-electron chi connectivity index (χ3n) is 6.66. The summed E-state index contributed by atoms with van der Waals surface area (Å²) in [7, 11) is 0. The highest BCUT2D eigenvalue weighted by Gasteiger charge is 2.35. The van der Waals surface area contributed by atoms with E-state index in [-0.39, 0.29) is 6.03 Å². The Labute approximate surface area is 146 Å². The van der Waals surface area contributed by atoms with Gasteiger partial charge in [0.05, 0.1) is 5.60 Å². The average Bonchev–Trinajstić information content (AvgIpc) is 2.57. The number of likely N-dealkylation sites (tertiary alicyclic amines) is 2. The third kappa shape index (κ3) is 4.63. The Morgan fingerprint density at radius 1 is 0.958 bits per heavy atom. The topological polar surface area (TPSA) is 55.8 Å². The van der Waals surface area contributed by atoms with Gasteiger partial charge in [-0.05, 0) is 64.0 Å². The fraction of sp³-hybridized carbons (Fsp3) is 0.947. The molecule has 1 saturated carbocycles. The molecule has 0 unspecified atom stereocenters. The van der Waals surface area contributed by atoms with E-state index >= 15 is 0 Å². The van der Waals surface area contributed by atoms with Crippen molar-refractivity contribution in [2.75, 3.05) is 39.3 Å². The van der Waals surface area contributed by atoms with Crippen LogP contribution in [-0.4, -0.2) is 65.8 Å². The standard InChI is InChI=1S/C19H35N3O2/c1-18(24)7-14-22(15-8-18)17(23)20-11-16-21-12-9-19(10-13-21)5-3-2-4-6-19/h24H,2-16H2,1H3,(H,20,23). The van der Waals surface area contributed by atoms with Crippen molar-refractivity contribution in [1.82, 2.24) is 15.1 Å². The second-order valence-electron chi connectivity index (χ2n) is 8.62. The molecule has 2 aliphatic heterocycles. The number of hydrogen-bond acceptors (Lipinski definition) is 3. The summed E-state index contributed by atoms with van der Waals surface area (Å²) in [5.74, 6) is 0. The lowest BCUT2D eigenvalue weighted by atomic mass is 9.68. The molecule has 3 rings (SSSR count). The summed E-state index contributed by atoms with van der Waals surface area (Å²) in [5.41, 5.74) is 0.0579. The van der Waals surface area contributed by atoms with Crippen molar-refractivity contribution < 1.29 is 9.90 Å². The van der Waals surface area contributed by atoms with Crippen LogP contribution in [0.25, 0.3) is 0 Å². The van der Waals surface area contributed by atoms with Crippen LogP contribution in [0.2, 0.25) is 0 Å². The summed E-state index contributed by atoms with van der Waals surface area (Å²) in [6.45, 7) is 7.27. The van der Waals surface area contributed by atoms with Crippen LogP contribution in [0, 0.1) is 5.41 Å². The summed E-state index contributed by atoms with van der Waals surface area (Å²) in [5, 5.41) is 13.0. The summed E-state index contributed by atoms with van der Waals surface area (Å²) in [6, 6.07) is 0.0336. The molecule has 0 aromatic carbocycles. The van der Waals surface area contributed by atoms with Crippen molar-refractivity contribution in [2.45, 2.75) is 70.3 Å². The van der Waals surface area contributed by atoms with Crippen LogP contribution in [-0.2, 0) is 0 Å². The molecule has 2 N–H and O–H groups in total. The van der Waals surface area contributed by atoms with Gasteiger partial charge in [-0.1, -0.05) is 19.3 Å². The van der Waals surface area contributed by atoms with Crippen molar-refractivity contribution in [3.8, 4) is 0 Å². The van der Waals surface area contributed by atoms with Gasteiger partial charge in [0.15, 0.2) is 0 Å². The highest BCUT2D eigenvalue weighted by molar-refractivity contribution is 5.74. The zero-order chi connectivity index (χ0) is 17.0. The largest absolute Gasteiger partial charge is 0.390 e. The van der Waals surface area contributed by atoms with Crippen molar-refractivity contribution in [2.24, 2.45) is 5.41 Å². The molecular weight excluding hydrogens is 302 g/mol. The van der Waals surface area contributed by atoms with E-state index in [4.69, 9.17) is 0 Å². The Morgan fingerprint density at radius 3 is 2.21 bits per heavy atom. The molecule has 1 aliphatic carbocycles. The highest BCUT2D eigenvalue weighted by Crippen LogP contribution is 2.44. The summed E-state index contributed by atoms with van der Waals surface area (Å²) in [6.07, 6.45) is 11.2. The van der Waals surface area contributed by atoms with Gasteiger partial charge in [0.25, 0.3) is 0 Å². The van der Waals surface area contributed by atoms with Gasteiger partial charge in [0.1, 0.15) is 0 Å². The Morgan fingerprint density at radius 2 is 1.58 bits per heavy atom. The minimum absolute atomic E-state index is 0.0336. The Kier molecular flexibility index (Phi) is 5.70. The van der Waals surface area contributed by atoms with Gasteiger partial charge >= 0.3 is 6.03 Å². The van der Waals surface area contributed by atoms with Crippen LogP contribution in [0.4, 0.5) is 4.79 Å². The molecule has 138 valence electrons. The van der Waals surface area contributed by atoms with E-state index in [1.165, 1.54) is 58.0 Å². The first-order chi connectivity index (χ1) is 11.5. The molecule has 2 amide bonds. The number of urea groups is 1. The number of carbonyl (C=O) groups is 1. The SMILES string of the molecule is CC1(O)CCN(C(=O)NCCN2CCC3(CCCCC3)CC2)CC1. The first-order valence-electron chi connectivity index (χ1n) is 9.96. The van der Waals surface area contributed by atoms with Gasteiger partial charge in [-0.3, -0.25) is 0 Å². The molecule has 0 bridgehead atoms. The zero-order valence-corrected chi connectivity index (χ0v) is 15.4. The molecule has 3 fully saturated rings. The van der Waals surface area contributed by atoms with Crippen LogP contribution >= 0.6 is 0 Å². The molecule has 0 aromatic rings. The van der Waals surface area contributed by atoms with E-state index in [9.17, 15) is 9.90 Å². The van der Waals surface area contributed by atoms with Gasteiger partial charge in [0.2, 0.25) is 0 Å². The Bertz CT molecular complexity index is 412. The van der Waals surface area contributed by atoms with Crippen molar-refractivity contribution in [3.63, 3.8) is 0 Å². The van der Waals surface area contributed by atoms with Gasteiger partial charge in [0, 0.05) is 26.2 Å². The fourth-order valence-corrected chi connectivity index (χ4v) is 4.68. The maximum absolute atomic E-state index is 12.2. The Hall–Kier alpha value is -0.810. The maximum Gasteiger partial charge on any atom is 0.317 e. The smallest absolute Gasteiger partial charge is 0.317 e. The molecule has 5 nitrogen and oxygen atoms in total. The normalized spacial score (nSPS) is 27.2. The minimum Gasteiger partial charge on any atom is -0.390 e. The van der Waals surface area contributed by atoms with Crippen molar-refractivity contribution in [1.29, 1.82) is 0 Å². The van der Waals surface area contributed by atoms with E-state index in [2.05, 4.69) is 10.2 Å². The van der Waals surface area contributed by atoms with Gasteiger partial charge in [-0.15, -0.1) is 0 Å². The molecule has 3 aliphatic rings. The molecule has 0 radical (unpaired) electrons. The van der Waals surface area contributed by atoms with Crippen molar-refractivity contribution in [3.05, 3.63) is 0 Å². The molecule has 2 saturated heterocycles. The van der Waals surface area contributed by atoms with Crippen LogP contribution in [0.15, 0.2) is 0 Å². The van der Waals surface area contributed by atoms with E-state index in [1.54, 1.807) is 0 Å². The molecule has 2 heterocycles. The molecule has 0 atom stereocenters. The van der Waals surface area contributed by atoms with E-state index in [0.29, 0.717) is 31.3 Å². The van der Waals surface area contributed by atoms with E-state index in [1.807, 2.05) is 11.8 Å². The summed E-state index contributed by atoms with van der Waals surface area (Å²) < 4.78 is 0. The number of nitrogens with zero attached hydrogens (tertiary/aromatic N) is 2. The lowest BCUT2D eigenvalue weighted by Gasteiger charge is -2.44. The van der Waals surface area contributed by atoms with E-state index in [0.717, 1.165) is 13.1 Å². The number of carbonyl (C=O) groups excluding carboxylic acids is 1. The third-order valence-corrected chi connectivity index (χ3v) is 6.66. The van der Waals surface area contributed by atoms with Gasteiger partial charge in [-0.2, -0.15) is 0 Å². The average molecular weight is 338 g/mol. The van der Waals surface area contributed by atoms with Crippen molar-refractivity contribution >= 4 is 6.03 Å². The van der Waals surface area contributed by atoms with Crippen LogP contribution in [0.5, 0.6) is 0 Å². The van der Waals surface area contributed by atoms with Gasteiger partial charge < -0.3 is 20.2 Å². The maximum atomic E-state index is 12.2. The number of hydrogen-bond donors (Lipinski definition) is 2. The predicted molar refractivity (Wildman–Crippen MR) is 96.0 cm³/mol. The van der Waals surface area contributed by atoms with Crippen LogP contribution in [0.1, 0.15) is 64.7 Å². The monoisotopic (exact) mass is 337 g/mol. The fourth-order valence-electron chi connectivity index (χ4n) is 4.68. The van der Waals surface area contributed by atoms with Crippen LogP contribution < -0.4 is 5.32 Å². The summed E-state index contributed by atoms with van der Waals surface area (Å²) in [4.78, 5) is 16.6. The minimum atomic E-state index is -0.598. The second kappa shape index (κ2) is 7.61. The molecule has 24 heavy (non-hydrogen) atoms. The number of aliphatic hydroxyl groups is 1. The number of amides is 2. The first-order valence-corrected chi connectivity index (χ1v) is 9.96.